The van der Waals surface area contributed by atoms with Crippen LogP contribution in [0, 0.1) is 11.3 Å². The van der Waals surface area contributed by atoms with Gasteiger partial charge in [0, 0.05) is 0 Å². The van der Waals surface area contributed by atoms with Crippen LogP contribution in [0.1, 0.15) is 5.56 Å². The maximum Gasteiger partial charge on any atom is 0.297 e. The SMILES string of the molecule is N#Cc1ccc2c(c1)nc1n2C[C@@H](CO)O1. The summed E-state index contributed by atoms with van der Waals surface area (Å²) in [6.45, 7) is 0.593. The van der Waals surface area contributed by atoms with Crippen LogP contribution in [-0.4, -0.2) is 27.4 Å². The molecule has 0 fully saturated rings. The van der Waals surface area contributed by atoms with Crippen LogP contribution in [0.15, 0.2) is 18.2 Å². The Morgan fingerprint density at radius 2 is 2.50 bits per heavy atom. The molecule has 1 atom stereocenters. The largest absolute Gasteiger partial charge is 0.457 e. The number of hydrogen-bond acceptors (Lipinski definition) is 4. The zero-order valence-corrected chi connectivity index (χ0v) is 8.42. The minimum absolute atomic E-state index is 0.0128. The normalized spacial score (nSPS) is 18.1. The molecule has 16 heavy (non-hydrogen) atoms. The van der Waals surface area contributed by atoms with Gasteiger partial charge in [0.25, 0.3) is 6.01 Å². The summed E-state index contributed by atoms with van der Waals surface area (Å²) in [5, 5.41) is 17.8. The Bertz CT molecular complexity index is 597. The van der Waals surface area contributed by atoms with E-state index in [1.807, 2.05) is 10.6 Å². The van der Waals surface area contributed by atoms with E-state index in [-0.39, 0.29) is 12.7 Å². The van der Waals surface area contributed by atoms with Gasteiger partial charge >= 0.3 is 0 Å². The molecule has 0 spiro atoms. The quantitative estimate of drug-likeness (QED) is 0.758. The van der Waals surface area contributed by atoms with Gasteiger partial charge in [0.1, 0.15) is 6.10 Å². The second kappa shape index (κ2) is 3.22. The zero-order valence-electron chi connectivity index (χ0n) is 8.42. The van der Waals surface area contributed by atoms with Crippen molar-refractivity contribution in [2.24, 2.45) is 0 Å². The first-order chi connectivity index (χ1) is 7.81. The summed E-state index contributed by atoms with van der Waals surface area (Å²) >= 11 is 0. The van der Waals surface area contributed by atoms with E-state index in [1.54, 1.807) is 12.1 Å². The number of aromatic nitrogens is 2. The summed E-state index contributed by atoms with van der Waals surface area (Å²) in [6, 6.07) is 7.93. The molecule has 3 rings (SSSR count). The first-order valence-electron chi connectivity index (χ1n) is 4.99. The highest BCUT2D eigenvalue weighted by atomic mass is 16.5. The average Bonchev–Trinajstić information content (AvgIpc) is 2.84. The van der Waals surface area contributed by atoms with E-state index in [1.165, 1.54) is 0 Å². The Balaban J connectivity index is 2.14. The predicted octanol–water partition coefficient (Wildman–Crippen LogP) is 0.661. The first-order valence-corrected chi connectivity index (χ1v) is 4.99. The Morgan fingerprint density at radius 3 is 3.25 bits per heavy atom. The van der Waals surface area contributed by atoms with Crippen LogP contribution >= 0.6 is 0 Å². The van der Waals surface area contributed by atoms with Gasteiger partial charge in [-0.2, -0.15) is 10.2 Å². The van der Waals surface area contributed by atoms with E-state index in [9.17, 15) is 0 Å². The van der Waals surface area contributed by atoms with E-state index >= 15 is 0 Å². The van der Waals surface area contributed by atoms with Gasteiger partial charge in [0.2, 0.25) is 0 Å². The monoisotopic (exact) mass is 215 g/mol. The number of aliphatic hydroxyl groups excluding tert-OH is 1. The van der Waals surface area contributed by atoms with Gasteiger partial charge in [-0.05, 0) is 18.2 Å². The fourth-order valence-electron chi connectivity index (χ4n) is 1.93. The van der Waals surface area contributed by atoms with Crippen molar-refractivity contribution in [2.75, 3.05) is 6.61 Å². The summed E-state index contributed by atoms with van der Waals surface area (Å²) in [4.78, 5) is 4.28. The molecule has 0 unspecified atom stereocenters. The van der Waals surface area contributed by atoms with Gasteiger partial charge < -0.3 is 9.84 Å². The Labute approximate surface area is 91.5 Å². The molecule has 0 saturated heterocycles. The van der Waals surface area contributed by atoms with Gasteiger partial charge in [-0.3, -0.25) is 4.57 Å². The number of benzene rings is 1. The minimum Gasteiger partial charge on any atom is -0.457 e. The molecule has 1 aromatic carbocycles. The van der Waals surface area contributed by atoms with E-state index in [0.717, 1.165) is 11.0 Å². The molecule has 2 aromatic rings. The highest BCUT2D eigenvalue weighted by Gasteiger charge is 2.25. The second-order valence-electron chi connectivity index (χ2n) is 3.74. The van der Waals surface area contributed by atoms with Crippen molar-refractivity contribution in [3.05, 3.63) is 23.8 Å². The van der Waals surface area contributed by atoms with Crippen molar-refractivity contribution in [2.45, 2.75) is 12.6 Å². The lowest BCUT2D eigenvalue weighted by Gasteiger charge is -2.03. The molecule has 2 heterocycles. The second-order valence-corrected chi connectivity index (χ2v) is 3.74. The molecule has 0 bridgehead atoms. The number of nitriles is 1. The van der Waals surface area contributed by atoms with Gasteiger partial charge in [-0.1, -0.05) is 0 Å². The molecular weight excluding hydrogens is 206 g/mol. The lowest BCUT2D eigenvalue weighted by molar-refractivity contribution is 0.130. The summed E-state index contributed by atoms with van der Waals surface area (Å²) in [7, 11) is 0. The van der Waals surface area contributed by atoms with Crippen molar-refractivity contribution in [1.82, 2.24) is 9.55 Å². The molecule has 0 saturated carbocycles. The van der Waals surface area contributed by atoms with Crippen LogP contribution in [-0.2, 0) is 6.54 Å². The van der Waals surface area contributed by atoms with Crippen molar-refractivity contribution >= 4 is 11.0 Å². The fraction of sp³-hybridized carbons (Fsp3) is 0.273. The molecule has 1 aliphatic rings. The molecule has 0 aliphatic carbocycles. The summed E-state index contributed by atoms with van der Waals surface area (Å²) in [6.07, 6.45) is -0.206. The molecule has 1 aromatic heterocycles. The number of nitrogens with zero attached hydrogens (tertiary/aromatic N) is 3. The number of imidazole rings is 1. The number of aliphatic hydroxyl groups is 1. The maximum absolute atomic E-state index is 9.00. The fourth-order valence-corrected chi connectivity index (χ4v) is 1.93. The Hall–Kier alpha value is -2.06. The van der Waals surface area contributed by atoms with Crippen LogP contribution in [0.25, 0.3) is 11.0 Å². The number of hydrogen-bond donors (Lipinski definition) is 1. The van der Waals surface area contributed by atoms with Gasteiger partial charge in [-0.25, -0.2) is 0 Å². The highest BCUT2D eigenvalue weighted by molar-refractivity contribution is 5.78. The number of ether oxygens (including phenoxy) is 1. The summed E-state index contributed by atoms with van der Waals surface area (Å²) in [5.41, 5.74) is 2.28. The predicted molar refractivity (Wildman–Crippen MR) is 55.9 cm³/mol. The van der Waals surface area contributed by atoms with E-state index in [4.69, 9.17) is 15.1 Å². The van der Waals surface area contributed by atoms with Crippen LogP contribution < -0.4 is 4.74 Å². The van der Waals surface area contributed by atoms with Crippen LogP contribution in [0.5, 0.6) is 6.01 Å². The lowest BCUT2D eigenvalue weighted by Crippen LogP contribution is -2.19. The molecular formula is C11H9N3O2. The molecule has 0 amide bonds. The lowest BCUT2D eigenvalue weighted by atomic mass is 10.2. The standard InChI is InChI=1S/C11H9N3O2/c12-4-7-1-2-10-9(3-7)13-11-14(10)5-8(6-15)16-11/h1-3,8,15H,5-6H2/t8-/m0/s1. The van der Waals surface area contributed by atoms with Crippen LogP contribution in [0.3, 0.4) is 0 Å². The van der Waals surface area contributed by atoms with Gasteiger partial charge in [-0.15, -0.1) is 0 Å². The molecule has 1 aliphatic heterocycles. The summed E-state index contributed by atoms with van der Waals surface area (Å²) < 4.78 is 7.35. The third-order valence-corrected chi connectivity index (χ3v) is 2.70. The number of rotatable bonds is 1. The summed E-state index contributed by atoms with van der Waals surface area (Å²) in [5.74, 6) is 0. The zero-order chi connectivity index (χ0) is 11.1. The molecule has 1 N–H and O–H groups in total. The third kappa shape index (κ3) is 1.17. The topological polar surface area (TPSA) is 71.1 Å². The van der Waals surface area contributed by atoms with E-state index < -0.39 is 0 Å². The van der Waals surface area contributed by atoms with Crippen LogP contribution in [0.2, 0.25) is 0 Å². The smallest absolute Gasteiger partial charge is 0.297 e. The van der Waals surface area contributed by atoms with Crippen molar-refractivity contribution < 1.29 is 9.84 Å². The van der Waals surface area contributed by atoms with Gasteiger partial charge in [0.05, 0.1) is 35.8 Å². The highest BCUT2D eigenvalue weighted by Crippen LogP contribution is 2.27. The first kappa shape index (κ1) is 9.19. The third-order valence-electron chi connectivity index (χ3n) is 2.70. The molecule has 80 valence electrons. The van der Waals surface area contributed by atoms with E-state index in [2.05, 4.69) is 11.1 Å². The molecule has 5 nitrogen and oxygen atoms in total. The van der Waals surface area contributed by atoms with Crippen LogP contribution in [0.4, 0.5) is 0 Å². The minimum atomic E-state index is -0.206. The Kier molecular flexibility index (Phi) is 1.85. The Morgan fingerprint density at radius 1 is 1.62 bits per heavy atom. The average molecular weight is 215 g/mol. The van der Waals surface area contributed by atoms with Crippen molar-refractivity contribution in [1.29, 1.82) is 5.26 Å². The van der Waals surface area contributed by atoms with Crippen molar-refractivity contribution in [3.8, 4) is 12.1 Å². The van der Waals surface area contributed by atoms with Gasteiger partial charge in [0.15, 0.2) is 0 Å². The van der Waals surface area contributed by atoms with Crippen molar-refractivity contribution in [3.63, 3.8) is 0 Å². The molecule has 0 radical (unpaired) electrons. The maximum atomic E-state index is 9.00. The number of fused-ring (bicyclic) bond motifs is 3. The molecule has 5 heteroatoms. The van der Waals surface area contributed by atoms with E-state index in [0.29, 0.717) is 18.1 Å².